The fourth-order valence-electron chi connectivity index (χ4n) is 7.05. The Labute approximate surface area is 183 Å². The topological polar surface area (TPSA) is 0 Å². The van der Waals surface area contributed by atoms with Crippen LogP contribution in [0.3, 0.4) is 0 Å². The van der Waals surface area contributed by atoms with Gasteiger partial charge in [0, 0.05) is 0 Å². The molecule has 3 rings (SSSR count). The second-order valence-electron chi connectivity index (χ2n) is 11.0. The van der Waals surface area contributed by atoms with Crippen molar-refractivity contribution in [1.29, 1.82) is 0 Å². The Morgan fingerprint density at radius 2 is 1.28 bits per heavy atom. The third kappa shape index (κ3) is 7.29. The molecule has 0 unspecified atom stereocenters. The first-order valence-electron chi connectivity index (χ1n) is 13.5. The molecule has 0 saturated heterocycles. The average Bonchev–Trinajstić information content (AvgIpc) is 2.76. The van der Waals surface area contributed by atoms with Crippen LogP contribution in [0.4, 0.5) is 0 Å². The molecule has 0 aliphatic heterocycles. The smallest absolute Gasteiger partial charge is 0.0206 e. The zero-order valence-electron chi connectivity index (χ0n) is 20.0. The van der Waals surface area contributed by atoms with Gasteiger partial charge in [0.15, 0.2) is 0 Å². The summed E-state index contributed by atoms with van der Waals surface area (Å²) in [5, 5.41) is 0. The molecule has 3 aliphatic rings. The summed E-state index contributed by atoms with van der Waals surface area (Å²) >= 11 is 0. The first-order valence-corrected chi connectivity index (χ1v) is 13.5. The van der Waals surface area contributed by atoms with Crippen molar-refractivity contribution in [2.24, 2.45) is 35.5 Å². The Morgan fingerprint density at radius 1 is 0.724 bits per heavy atom. The molecule has 0 bridgehead atoms. The van der Waals surface area contributed by atoms with Crippen molar-refractivity contribution < 1.29 is 0 Å². The first kappa shape index (κ1) is 23.1. The largest absolute Gasteiger partial charge is 0.0917 e. The first-order chi connectivity index (χ1) is 14.2. The van der Waals surface area contributed by atoms with E-state index in [1.54, 1.807) is 5.57 Å². The lowest BCUT2D eigenvalue weighted by atomic mass is 9.67. The van der Waals surface area contributed by atoms with Gasteiger partial charge in [0.05, 0.1) is 0 Å². The van der Waals surface area contributed by atoms with E-state index in [1.807, 2.05) is 0 Å². The third-order valence-corrected chi connectivity index (χ3v) is 9.04. The van der Waals surface area contributed by atoms with Gasteiger partial charge in [-0.1, -0.05) is 56.4 Å². The van der Waals surface area contributed by atoms with Crippen LogP contribution in [-0.2, 0) is 0 Å². The third-order valence-electron chi connectivity index (χ3n) is 9.04. The minimum Gasteiger partial charge on any atom is -0.0917 e. The Balaban J connectivity index is 1.36. The Hall–Kier alpha value is -0.520. The quantitative estimate of drug-likeness (QED) is 0.357. The van der Waals surface area contributed by atoms with Gasteiger partial charge in [0.1, 0.15) is 0 Å². The molecule has 0 aromatic heterocycles. The van der Waals surface area contributed by atoms with E-state index >= 15 is 0 Å². The molecule has 0 heterocycles. The second kappa shape index (κ2) is 12.4. The lowest BCUT2D eigenvalue weighted by Gasteiger charge is -2.38. The molecule has 0 amide bonds. The summed E-state index contributed by atoms with van der Waals surface area (Å²) in [7, 11) is 0. The second-order valence-corrected chi connectivity index (χ2v) is 11.0. The van der Waals surface area contributed by atoms with Crippen LogP contribution in [0.15, 0.2) is 23.8 Å². The molecule has 0 atom stereocenters. The SMILES string of the molecule is CC=CCCC1CCC(C2CCC(C(C)=CC3CCC(CCC)CC3)CC2)CC1. The van der Waals surface area contributed by atoms with Crippen LogP contribution >= 0.6 is 0 Å². The van der Waals surface area contributed by atoms with Crippen LogP contribution in [0.5, 0.6) is 0 Å². The zero-order chi connectivity index (χ0) is 20.5. The molecule has 0 heteroatoms. The molecule has 0 aromatic carbocycles. The van der Waals surface area contributed by atoms with E-state index in [1.165, 1.54) is 103 Å². The molecule has 3 saturated carbocycles. The van der Waals surface area contributed by atoms with Gasteiger partial charge < -0.3 is 0 Å². The van der Waals surface area contributed by atoms with Crippen LogP contribution in [0.25, 0.3) is 0 Å². The van der Waals surface area contributed by atoms with Crippen molar-refractivity contribution in [1.82, 2.24) is 0 Å². The minimum absolute atomic E-state index is 0.902. The van der Waals surface area contributed by atoms with Gasteiger partial charge >= 0.3 is 0 Å². The number of rotatable bonds is 8. The van der Waals surface area contributed by atoms with E-state index in [0.29, 0.717) is 0 Å². The monoisotopic (exact) mass is 398 g/mol. The van der Waals surface area contributed by atoms with Crippen molar-refractivity contribution in [2.75, 3.05) is 0 Å². The molecule has 0 spiro atoms. The molecule has 166 valence electrons. The van der Waals surface area contributed by atoms with Crippen molar-refractivity contribution in [3.05, 3.63) is 23.8 Å². The number of allylic oxidation sites excluding steroid dienone is 4. The molecular formula is C29H50. The lowest BCUT2D eigenvalue weighted by Crippen LogP contribution is -2.26. The summed E-state index contributed by atoms with van der Waals surface area (Å²) in [6.45, 7) is 6.98. The fourth-order valence-corrected chi connectivity index (χ4v) is 7.05. The number of hydrogen-bond donors (Lipinski definition) is 0. The van der Waals surface area contributed by atoms with Gasteiger partial charge in [-0.05, 0) is 126 Å². The molecule has 0 N–H and O–H groups in total. The van der Waals surface area contributed by atoms with Crippen LogP contribution in [0, 0.1) is 35.5 Å². The van der Waals surface area contributed by atoms with Crippen molar-refractivity contribution in [3.63, 3.8) is 0 Å². The Morgan fingerprint density at radius 3 is 1.86 bits per heavy atom. The highest BCUT2D eigenvalue weighted by atomic mass is 14.4. The predicted octanol–water partition coefficient (Wildman–Crippen LogP) is 9.51. The molecule has 0 aromatic rings. The van der Waals surface area contributed by atoms with E-state index in [9.17, 15) is 0 Å². The zero-order valence-corrected chi connectivity index (χ0v) is 20.0. The maximum Gasteiger partial charge on any atom is -0.0206 e. The normalized spacial score (nSPS) is 37.1. The van der Waals surface area contributed by atoms with Gasteiger partial charge in [-0.15, -0.1) is 0 Å². The van der Waals surface area contributed by atoms with Gasteiger partial charge in [-0.2, -0.15) is 0 Å². The lowest BCUT2D eigenvalue weighted by molar-refractivity contribution is 0.150. The molecule has 29 heavy (non-hydrogen) atoms. The standard InChI is InChI=1S/C29H50/c1-4-6-7-9-25-14-16-28(17-15-25)29-20-18-27(19-21-29)23(3)22-26-12-10-24(8-5-2)11-13-26/h4,6,22,24-29H,5,7-21H2,1-3H3. The van der Waals surface area contributed by atoms with Crippen molar-refractivity contribution >= 4 is 0 Å². The van der Waals surface area contributed by atoms with Crippen LogP contribution in [0.2, 0.25) is 0 Å². The Kier molecular flexibility index (Phi) is 9.87. The van der Waals surface area contributed by atoms with E-state index in [2.05, 4.69) is 39.0 Å². The summed E-state index contributed by atoms with van der Waals surface area (Å²) < 4.78 is 0. The van der Waals surface area contributed by atoms with Gasteiger partial charge in [-0.3, -0.25) is 0 Å². The number of hydrogen-bond acceptors (Lipinski definition) is 0. The maximum absolute atomic E-state index is 2.73. The highest BCUT2D eigenvalue weighted by molar-refractivity contribution is 5.08. The van der Waals surface area contributed by atoms with E-state index in [4.69, 9.17) is 0 Å². The van der Waals surface area contributed by atoms with Crippen LogP contribution < -0.4 is 0 Å². The van der Waals surface area contributed by atoms with E-state index < -0.39 is 0 Å². The maximum atomic E-state index is 2.73. The summed E-state index contributed by atoms with van der Waals surface area (Å²) in [5.74, 6) is 6.00. The van der Waals surface area contributed by atoms with Gasteiger partial charge in [-0.25, -0.2) is 0 Å². The van der Waals surface area contributed by atoms with E-state index in [-0.39, 0.29) is 0 Å². The van der Waals surface area contributed by atoms with E-state index in [0.717, 1.165) is 35.5 Å². The van der Waals surface area contributed by atoms with Gasteiger partial charge in [0.25, 0.3) is 0 Å². The summed E-state index contributed by atoms with van der Waals surface area (Å²) in [5.41, 5.74) is 1.76. The molecule has 0 nitrogen and oxygen atoms in total. The van der Waals surface area contributed by atoms with Crippen LogP contribution in [0.1, 0.15) is 124 Å². The molecule has 3 fully saturated rings. The minimum atomic E-state index is 0.902. The average molecular weight is 399 g/mol. The molecular weight excluding hydrogens is 348 g/mol. The van der Waals surface area contributed by atoms with Crippen LogP contribution in [-0.4, -0.2) is 0 Å². The Bertz CT molecular complexity index is 488. The summed E-state index contributed by atoms with van der Waals surface area (Å²) in [4.78, 5) is 0. The summed E-state index contributed by atoms with van der Waals surface area (Å²) in [6, 6.07) is 0. The molecule has 3 aliphatic carbocycles. The van der Waals surface area contributed by atoms with Gasteiger partial charge in [0.2, 0.25) is 0 Å². The highest BCUT2D eigenvalue weighted by Gasteiger charge is 2.31. The fraction of sp³-hybridized carbons (Fsp3) is 0.862. The predicted molar refractivity (Wildman–Crippen MR) is 129 cm³/mol. The molecule has 0 radical (unpaired) electrons. The van der Waals surface area contributed by atoms with Crippen molar-refractivity contribution in [3.8, 4) is 0 Å². The van der Waals surface area contributed by atoms with Crippen molar-refractivity contribution in [2.45, 2.75) is 124 Å². The highest BCUT2D eigenvalue weighted by Crippen LogP contribution is 2.44. The summed E-state index contributed by atoms with van der Waals surface area (Å²) in [6.07, 6.45) is 30.9.